The first-order valence-corrected chi connectivity index (χ1v) is 9.06. The van der Waals surface area contributed by atoms with Gasteiger partial charge in [-0.25, -0.2) is 5.43 Å². The topological polar surface area (TPSA) is 80.2 Å². The van der Waals surface area contributed by atoms with E-state index in [1.807, 2.05) is 13.8 Å². The van der Waals surface area contributed by atoms with Gasteiger partial charge in [-0.3, -0.25) is 4.79 Å². The van der Waals surface area contributed by atoms with Crippen LogP contribution in [0.15, 0.2) is 46.0 Å². The molecule has 0 fully saturated rings. The summed E-state index contributed by atoms with van der Waals surface area (Å²) in [5.74, 6) is 0.921. The number of rotatable bonds is 8. The van der Waals surface area contributed by atoms with Gasteiger partial charge < -0.3 is 14.6 Å². The summed E-state index contributed by atoms with van der Waals surface area (Å²) in [7, 11) is 0. The Morgan fingerprint density at radius 2 is 2.00 bits per heavy atom. The van der Waals surface area contributed by atoms with Gasteiger partial charge in [0.15, 0.2) is 11.5 Å². The van der Waals surface area contributed by atoms with Crippen LogP contribution in [0.1, 0.15) is 36.2 Å². The fourth-order valence-electron chi connectivity index (χ4n) is 2.08. The molecule has 0 spiro atoms. The SMILES string of the molecule is CCCOc1ccc(C(=O)N/N=C/c2ccc(O)c(Br)c2)cc1OCC. The maximum atomic E-state index is 12.3. The van der Waals surface area contributed by atoms with Crippen LogP contribution >= 0.6 is 15.9 Å². The van der Waals surface area contributed by atoms with Crippen molar-refractivity contribution in [2.45, 2.75) is 20.3 Å². The molecule has 0 unspecified atom stereocenters. The lowest BCUT2D eigenvalue weighted by Gasteiger charge is -2.12. The number of hydrogen-bond donors (Lipinski definition) is 2. The van der Waals surface area contributed by atoms with Gasteiger partial charge in [-0.1, -0.05) is 6.92 Å². The van der Waals surface area contributed by atoms with Crippen molar-refractivity contribution in [3.8, 4) is 17.2 Å². The number of nitrogens with one attached hydrogen (secondary N) is 1. The zero-order chi connectivity index (χ0) is 18.9. The Morgan fingerprint density at radius 3 is 2.69 bits per heavy atom. The number of hydrogen-bond acceptors (Lipinski definition) is 5. The van der Waals surface area contributed by atoms with E-state index in [4.69, 9.17) is 9.47 Å². The van der Waals surface area contributed by atoms with Crippen molar-refractivity contribution in [1.29, 1.82) is 0 Å². The molecule has 2 aromatic rings. The molecule has 0 radical (unpaired) electrons. The van der Waals surface area contributed by atoms with Gasteiger partial charge in [0.05, 0.1) is 23.9 Å². The molecule has 0 saturated carbocycles. The molecule has 0 aliphatic heterocycles. The first-order chi connectivity index (χ1) is 12.5. The van der Waals surface area contributed by atoms with Crippen LogP contribution in [-0.4, -0.2) is 30.4 Å². The van der Waals surface area contributed by atoms with E-state index in [9.17, 15) is 9.90 Å². The standard InChI is InChI=1S/C19H21BrN2O4/c1-3-9-26-17-8-6-14(11-18(17)25-4-2)19(24)22-21-12-13-5-7-16(23)15(20)10-13/h5-8,10-12,23H,3-4,9H2,1-2H3,(H,22,24)/b21-12+. The number of phenolic OH excluding ortho intramolecular Hbond substituents is 1. The number of benzene rings is 2. The monoisotopic (exact) mass is 420 g/mol. The Kier molecular flexibility index (Phi) is 7.47. The first-order valence-electron chi connectivity index (χ1n) is 8.26. The van der Waals surface area contributed by atoms with Crippen molar-refractivity contribution in [3.63, 3.8) is 0 Å². The van der Waals surface area contributed by atoms with Crippen LogP contribution in [0, 0.1) is 0 Å². The van der Waals surface area contributed by atoms with Crippen molar-refractivity contribution in [1.82, 2.24) is 5.43 Å². The Labute approximate surface area is 161 Å². The number of phenols is 1. The lowest BCUT2D eigenvalue weighted by Crippen LogP contribution is -2.17. The van der Waals surface area contributed by atoms with Crippen molar-refractivity contribution < 1.29 is 19.4 Å². The number of carbonyl (C=O) groups excluding carboxylic acids is 1. The van der Waals surface area contributed by atoms with Gasteiger partial charge in [0.1, 0.15) is 5.75 Å². The summed E-state index contributed by atoms with van der Waals surface area (Å²) in [4.78, 5) is 12.3. The van der Waals surface area contributed by atoms with E-state index in [0.717, 1.165) is 12.0 Å². The van der Waals surface area contributed by atoms with Crippen LogP contribution in [0.4, 0.5) is 0 Å². The Balaban J connectivity index is 2.07. The van der Waals surface area contributed by atoms with Crippen LogP contribution in [0.25, 0.3) is 0 Å². The molecule has 1 amide bonds. The molecule has 0 aliphatic carbocycles. The van der Waals surface area contributed by atoms with Crippen LogP contribution in [0.3, 0.4) is 0 Å². The highest BCUT2D eigenvalue weighted by Crippen LogP contribution is 2.28. The lowest BCUT2D eigenvalue weighted by atomic mass is 10.2. The van der Waals surface area contributed by atoms with Gasteiger partial charge in [0.25, 0.3) is 5.91 Å². The maximum Gasteiger partial charge on any atom is 0.271 e. The second-order valence-corrected chi connectivity index (χ2v) is 6.21. The predicted molar refractivity (Wildman–Crippen MR) is 104 cm³/mol. The number of nitrogens with zero attached hydrogens (tertiary/aromatic N) is 1. The first kappa shape index (κ1) is 19.8. The molecule has 2 N–H and O–H groups in total. The average Bonchev–Trinajstić information content (AvgIpc) is 2.63. The highest BCUT2D eigenvalue weighted by atomic mass is 79.9. The van der Waals surface area contributed by atoms with E-state index < -0.39 is 0 Å². The molecule has 2 rings (SSSR count). The number of halogens is 1. The third-order valence-corrected chi connectivity index (χ3v) is 3.95. The molecule has 0 saturated heterocycles. The number of carbonyl (C=O) groups is 1. The van der Waals surface area contributed by atoms with E-state index in [1.165, 1.54) is 12.3 Å². The minimum Gasteiger partial charge on any atom is -0.507 e. The Hall–Kier alpha value is -2.54. The molecule has 0 bridgehead atoms. The highest BCUT2D eigenvalue weighted by molar-refractivity contribution is 9.10. The minimum atomic E-state index is -0.359. The van der Waals surface area contributed by atoms with Crippen molar-refractivity contribution in [2.24, 2.45) is 5.10 Å². The summed E-state index contributed by atoms with van der Waals surface area (Å²) in [6, 6.07) is 9.93. The number of amides is 1. The van der Waals surface area contributed by atoms with E-state index in [1.54, 1.807) is 30.3 Å². The zero-order valence-electron chi connectivity index (χ0n) is 14.7. The summed E-state index contributed by atoms with van der Waals surface area (Å²) in [5, 5.41) is 13.4. The summed E-state index contributed by atoms with van der Waals surface area (Å²) >= 11 is 3.23. The third kappa shape index (κ3) is 5.49. The van der Waals surface area contributed by atoms with Crippen molar-refractivity contribution in [3.05, 3.63) is 52.0 Å². The minimum absolute atomic E-state index is 0.139. The molecule has 26 heavy (non-hydrogen) atoms. The second-order valence-electron chi connectivity index (χ2n) is 5.35. The summed E-state index contributed by atoms with van der Waals surface area (Å²) in [6.07, 6.45) is 2.38. The van der Waals surface area contributed by atoms with Crippen LogP contribution < -0.4 is 14.9 Å². The molecule has 2 aromatic carbocycles. The fraction of sp³-hybridized carbons (Fsp3) is 0.263. The molecule has 0 atom stereocenters. The summed E-state index contributed by atoms with van der Waals surface area (Å²) < 4.78 is 11.7. The molecular formula is C19H21BrN2O4. The largest absolute Gasteiger partial charge is 0.507 e. The molecule has 0 aromatic heterocycles. The van der Waals surface area contributed by atoms with Crippen molar-refractivity contribution >= 4 is 28.1 Å². The van der Waals surface area contributed by atoms with E-state index >= 15 is 0 Å². The summed E-state index contributed by atoms with van der Waals surface area (Å²) in [5.41, 5.74) is 3.62. The van der Waals surface area contributed by atoms with Gasteiger partial charge in [-0.2, -0.15) is 5.10 Å². The lowest BCUT2D eigenvalue weighted by molar-refractivity contribution is 0.0954. The molecule has 7 heteroatoms. The fourth-order valence-corrected chi connectivity index (χ4v) is 2.48. The molecule has 138 valence electrons. The van der Waals surface area contributed by atoms with Gasteiger partial charge >= 0.3 is 0 Å². The van der Waals surface area contributed by atoms with Gasteiger partial charge in [0, 0.05) is 5.56 Å². The second kappa shape index (κ2) is 9.82. The van der Waals surface area contributed by atoms with E-state index in [-0.39, 0.29) is 11.7 Å². The summed E-state index contributed by atoms with van der Waals surface area (Å²) in [6.45, 7) is 4.95. The Bertz CT molecular complexity index is 793. The van der Waals surface area contributed by atoms with Crippen LogP contribution in [0.2, 0.25) is 0 Å². The van der Waals surface area contributed by atoms with Gasteiger partial charge in [0.2, 0.25) is 0 Å². The van der Waals surface area contributed by atoms with E-state index in [0.29, 0.717) is 34.7 Å². The van der Waals surface area contributed by atoms with Crippen LogP contribution in [-0.2, 0) is 0 Å². The van der Waals surface area contributed by atoms with Crippen LogP contribution in [0.5, 0.6) is 17.2 Å². The normalized spacial score (nSPS) is 10.7. The van der Waals surface area contributed by atoms with Crippen molar-refractivity contribution in [2.75, 3.05) is 13.2 Å². The molecule has 0 aliphatic rings. The van der Waals surface area contributed by atoms with Gasteiger partial charge in [-0.05, 0) is 71.2 Å². The number of aromatic hydroxyl groups is 1. The highest BCUT2D eigenvalue weighted by Gasteiger charge is 2.11. The molecular weight excluding hydrogens is 400 g/mol. The molecule has 6 nitrogen and oxygen atoms in total. The predicted octanol–water partition coefficient (Wildman–Crippen LogP) is 4.11. The zero-order valence-corrected chi connectivity index (χ0v) is 16.2. The number of ether oxygens (including phenoxy) is 2. The third-order valence-electron chi connectivity index (χ3n) is 3.32. The van der Waals surface area contributed by atoms with Gasteiger partial charge in [-0.15, -0.1) is 0 Å². The maximum absolute atomic E-state index is 12.3. The number of hydrazone groups is 1. The average molecular weight is 421 g/mol. The smallest absolute Gasteiger partial charge is 0.271 e. The Morgan fingerprint density at radius 1 is 1.19 bits per heavy atom. The molecule has 0 heterocycles. The quantitative estimate of drug-likeness (QED) is 0.497. The van der Waals surface area contributed by atoms with E-state index in [2.05, 4.69) is 26.5 Å².